The molecule has 6 aromatic carbocycles. The van der Waals surface area contributed by atoms with Crippen LogP contribution in [0.2, 0.25) is 0 Å². The summed E-state index contributed by atoms with van der Waals surface area (Å²) in [7, 11) is 0. The average molecular weight is 901 g/mol. The standard InChI is InChI=1S/C67H68N2/c1-44(2)40-62(66(4,5)6)49-24-22-46(23-25-49)50-30-38-64-59(41-50)60-42-51(31-39-65(60)69(64)52-17-10-9-11-18-52)47-26-32-53(33-27-47)68(54-34-28-48(29-35-54)56-19-13-12-16-45(56)3)55-36-37-58-57-20-14-15-21-61(57)67(7,8)63(58)43-55/h9-15,17-28,30-34,36-39,41,43-45,51,62H,16,29,35,40,42H2,1-8H3. The smallest absolute Gasteiger partial charge is 0.0538 e. The van der Waals surface area contributed by atoms with Crippen molar-refractivity contribution in [2.75, 3.05) is 4.90 Å². The van der Waals surface area contributed by atoms with Gasteiger partial charge in [0.1, 0.15) is 0 Å². The van der Waals surface area contributed by atoms with Gasteiger partial charge in [-0.05, 0) is 177 Å². The number of anilines is 2. The van der Waals surface area contributed by atoms with Gasteiger partial charge >= 0.3 is 0 Å². The maximum absolute atomic E-state index is 2.54. The molecule has 2 nitrogen and oxygen atoms in total. The Bertz CT molecular complexity index is 3230. The minimum absolute atomic E-state index is 0.0767. The molecule has 3 atom stereocenters. The van der Waals surface area contributed by atoms with Crippen LogP contribution in [-0.2, 0) is 11.8 Å². The molecule has 0 saturated heterocycles. The fourth-order valence-electron chi connectivity index (χ4n) is 12.3. The lowest BCUT2D eigenvalue weighted by Gasteiger charge is -2.32. The van der Waals surface area contributed by atoms with E-state index in [2.05, 4.69) is 247 Å². The Balaban J connectivity index is 0.945. The van der Waals surface area contributed by atoms with E-state index in [1.165, 1.54) is 107 Å². The highest BCUT2D eigenvalue weighted by atomic mass is 15.1. The van der Waals surface area contributed by atoms with Crippen molar-refractivity contribution in [2.24, 2.45) is 17.3 Å². The fourth-order valence-corrected chi connectivity index (χ4v) is 12.3. The summed E-state index contributed by atoms with van der Waals surface area (Å²) in [5, 5.41) is 1.34. The Morgan fingerprint density at radius 3 is 2.16 bits per heavy atom. The van der Waals surface area contributed by atoms with E-state index in [0.717, 1.165) is 25.7 Å². The topological polar surface area (TPSA) is 8.17 Å². The summed E-state index contributed by atoms with van der Waals surface area (Å²) in [5.74, 6) is 1.99. The molecule has 0 aliphatic heterocycles. The minimum atomic E-state index is -0.0767. The van der Waals surface area contributed by atoms with Gasteiger partial charge in [0.05, 0.1) is 5.52 Å². The quantitative estimate of drug-likeness (QED) is 0.133. The van der Waals surface area contributed by atoms with E-state index in [1.807, 2.05) is 0 Å². The summed E-state index contributed by atoms with van der Waals surface area (Å²) >= 11 is 0. The van der Waals surface area contributed by atoms with Gasteiger partial charge in [0, 0.05) is 45.2 Å². The van der Waals surface area contributed by atoms with Crippen LogP contribution in [0.15, 0.2) is 193 Å². The number of fused-ring (bicyclic) bond motifs is 6. The minimum Gasteiger partial charge on any atom is -0.314 e. The first-order valence-electron chi connectivity index (χ1n) is 25.8. The van der Waals surface area contributed by atoms with Crippen LogP contribution < -0.4 is 4.90 Å². The zero-order valence-corrected chi connectivity index (χ0v) is 42.1. The van der Waals surface area contributed by atoms with E-state index in [4.69, 9.17) is 0 Å². The molecule has 346 valence electrons. The van der Waals surface area contributed by atoms with Crippen molar-refractivity contribution in [1.29, 1.82) is 0 Å². The number of benzene rings is 6. The van der Waals surface area contributed by atoms with E-state index in [0.29, 0.717) is 17.8 Å². The van der Waals surface area contributed by atoms with Crippen molar-refractivity contribution in [3.63, 3.8) is 0 Å². The number of para-hydroxylation sites is 1. The van der Waals surface area contributed by atoms with Crippen LogP contribution in [0.4, 0.5) is 11.4 Å². The summed E-state index contributed by atoms with van der Waals surface area (Å²) in [6, 6.07) is 53.3. The molecule has 1 heterocycles. The second kappa shape index (κ2) is 17.7. The van der Waals surface area contributed by atoms with Crippen LogP contribution >= 0.6 is 0 Å². The van der Waals surface area contributed by atoms with Crippen molar-refractivity contribution in [3.05, 3.63) is 226 Å². The lowest BCUT2D eigenvalue weighted by Crippen LogP contribution is -2.20. The molecule has 7 aromatic rings. The van der Waals surface area contributed by atoms with E-state index in [9.17, 15) is 0 Å². The van der Waals surface area contributed by atoms with Gasteiger partial charge in [-0.1, -0.05) is 177 Å². The Hall–Kier alpha value is -6.64. The van der Waals surface area contributed by atoms with Gasteiger partial charge in [-0.3, -0.25) is 0 Å². The Kier molecular flexibility index (Phi) is 11.5. The van der Waals surface area contributed by atoms with E-state index in [-0.39, 0.29) is 16.7 Å². The second-order valence-corrected chi connectivity index (χ2v) is 22.5. The lowest BCUT2D eigenvalue weighted by molar-refractivity contribution is 0.280. The Morgan fingerprint density at radius 1 is 0.710 bits per heavy atom. The molecule has 1 aromatic heterocycles. The highest BCUT2D eigenvalue weighted by Crippen LogP contribution is 2.51. The lowest BCUT2D eigenvalue weighted by atomic mass is 9.72. The first-order valence-corrected chi connectivity index (χ1v) is 25.8. The number of hydrogen-bond acceptors (Lipinski definition) is 1. The summed E-state index contributed by atoms with van der Waals surface area (Å²) in [6.07, 6.45) is 21.8. The molecule has 4 aliphatic rings. The van der Waals surface area contributed by atoms with Crippen molar-refractivity contribution < 1.29 is 0 Å². The molecule has 2 heteroatoms. The van der Waals surface area contributed by atoms with Crippen molar-refractivity contribution >= 4 is 28.4 Å². The number of allylic oxidation sites excluding steroid dienone is 9. The van der Waals surface area contributed by atoms with Crippen LogP contribution in [0.5, 0.6) is 0 Å². The third kappa shape index (κ3) is 8.20. The number of hydrogen-bond donors (Lipinski definition) is 0. The molecule has 0 amide bonds. The maximum Gasteiger partial charge on any atom is 0.0538 e. The van der Waals surface area contributed by atoms with Gasteiger partial charge in [-0.15, -0.1) is 0 Å². The van der Waals surface area contributed by atoms with Gasteiger partial charge in [-0.25, -0.2) is 0 Å². The van der Waals surface area contributed by atoms with Crippen molar-refractivity contribution in [1.82, 2.24) is 4.57 Å². The van der Waals surface area contributed by atoms with Crippen molar-refractivity contribution in [2.45, 2.75) is 105 Å². The SMILES string of the molecule is CC(C)CC(c1ccc(-c2ccc3c(c2)c2c(n3-c3ccccc3)C=CC(c3ccc(N(C4=CC=C(C5=CC=CCC5C)CC4)c4ccc5c(c4)C(C)(C)c4ccccc4-5)cc3)C2)cc1)C(C)(C)C. The number of aromatic nitrogens is 1. The molecular formula is C67H68N2. The van der Waals surface area contributed by atoms with Crippen molar-refractivity contribution in [3.8, 4) is 27.9 Å². The van der Waals surface area contributed by atoms with Gasteiger partial charge in [0.25, 0.3) is 0 Å². The maximum atomic E-state index is 2.54. The first-order chi connectivity index (χ1) is 33.3. The van der Waals surface area contributed by atoms with Crippen LogP contribution in [0, 0.1) is 17.3 Å². The number of rotatable bonds is 10. The number of nitrogens with zero attached hydrogens (tertiary/aromatic N) is 2. The molecule has 3 unspecified atom stereocenters. The summed E-state index contributed by atoms with van der Waals surface area (Å²) in [5.41, 5.74) is 22.9. The Morgan fingerprint density at radius 2 is 1.43 bits per heavy atom. The molecular weight excluding hydrogens is 833 g/mol. The predicted molar refractivity (Wildman–Crippen MR) is 295 cm³/mol. The van der Waals surface area contributed by atoms with Gasteiger partial charge in [-0.2, -0.15) is 0 Å². The molecule has 0 spiro atoms. The molecule has 0 N–H and O–H groups in total. The average Bonchev–Trinajstić information content (AvgIpc) is 3.81. The van der Waals surface area contributed by atoms with Gasteiger partial charge < -0.3 is 9.47 Å². The largest absolute Gasteiger partial charge is 0.314 e. The van der Waals surface area contributed by atoms with Crippen LogP contribution in [-0.4, -0.2) is 4.57 Å². The Labute approximate surface area is 412 Å². The van der Waals surface area contributed by atoms with Crippen LogP contribution in [0.1, 0.15) is 126 Å². The highest BCUT2D eigenvalue weighted by molar-refractivity contribution is 5.94. The molecule has 0 bridgehead atoms. The fraction of sp³-hybridized carbons (Fsp3) is 0.284. The zero-order chi connectivity index (χ0) is 47.6. The van der Waals surface area contributed by atoms with Crippen LogP contribution in [0.25, 0.3) is 44.9 Å². The normalized spacial score (nSPS) is 18.6. The van der Waals surface area contributed by atoms with Gasteiger partial charge in [0.15, 0.2) is 0 Å². The molecule has 4 aliphatic carbocycles. The summed E-state index contributed by atoms with van der Waals surface area (Å²) in [6.45, 7) is 19.0. The van der Waals surface area contributed by atoms with Gasteiger partial charge in [0.2, 0.25) is 0 Å². The zero-order valence-electron chi connectivity index (χ0n) is 42.1. The van der Waals surface area contributed by atoms with Crippen LogP contribution in [0.3, 0.4) is 0 Å². The molecule has 69 heavy (non-hydrogen) atoms. The predicted octanol–water partition coefficient (Wildman–Crippen LogP) is 18.4. The van der Waals surface area contributed by atoms with E-state index in [1.54, 1.807) is 0 Å². The summed E-state index contributed by atoms with van der Waals surface area (Å²) in [4.78, 5) is 2.54. The molecule has 11 rings (SSSR count). The second-order valence-electron chi connectivity index (χ2n) is 22.5. The van der Waals surface area contributed by atoms with E-state index >= 15 is 0 Å². The monoisotopic (exact) mass is 901 g/mol. The summed E-state index contributed by atoms with van der Waals surface area (Å²) < 4.78 is 2.47. The third-order valence-electron chi connectivity index (χ3n) is 16.1. The third-order valence-corrected chi connectivity index (χ3v) is 16.1. The van der Waals surface area contributed by atoms with E-state index < -0.39 is 0 Å². The molecule has 0 radical (unpaired) electrons. The molecule has 0 fully saturated rings. The highest BCUT2D eigenvalue weighted by Gasteiger charge is 2.36. The molecule has 0 saturated carbocycles. The first kappa shape index (κ1) is 44.8.